The number of allylic oxidation sites excluding steroid dienone is 16. The van der Waals surface area contributed by atoms with Crippen LogP contribution < -0.4 is 24.8 Å². The molecule has 2 aliphatic heterocycles. The van der Waals surface area contributed by atoms with Gasteiger partial charge in [0.05, 0.1) is 16.1 Å². The minimum Gasteiger partial charge on any atom is -1.00 e. The van der Waals surface area contributed by atoms with E-state index < -0.39 is 16.1 Å². The molecule has 0 aromatic rings. The molecule has 6 rings (SSSR count). The summed E-state index contributed by atoms with van der Waals surface area (Å²) in [6.07, 6.45) is 45.5. The van der Waals surface area contributed by atoms with Crippen LogP contribution in [0.15, 0.2) is 83.3 Å². The van der Waals surface area contributed by atoms with E-state index >= 15 is 0 Å². The molecule has 0 N–H and O–H groups in total. The van der Waals surface area contributed by atoms with Gasteiger partial charge in [-0.1, -0.05) is 135 Å². The molecule has 2 saturated heterocycles. The van der Waals surface area contributed by atoms with Gasteiger partial charge in [-0.05, 0) is 12.8 Å². The van der Waals surface area contributed by atoms with Crippen LogP contribution in [-0.4, -0.2) is 16.1 Å². The smallest absolute Gasteiger partial charge is 0.0819 e. The largest absolute Gasteiger partial charge is 1.00 e. The zero-order chi connectivity index (χ0) is 25.4. The van der Waals surface area contributed by atoms with Gasteiger partial charge in [-0.2, -0.15) is 12.2 Å². The van der Waals surface area contributed by atoms with Crippen LogP contribution in [-0.2, 0) is 52.4 Å². The first-order valence-corrected chi connectivity index (χ1v) is 20.1. The fraction of sp³-hybridized carbons (Fsp3) is 0.529. The van der Waals surface area contributed by atoms with Crippen LogP contribution in [0.3, 0.4) is 0 Å². The quantitative estimate of drug-likeness (QED) is 0.248. The van der Waals surface area contributed by atoms with E-state index in [2.05, 4.69) is 74.6 Å². The second-order valence-corrected chi connectivity index (χ2v) is 20.5. The zero-order valence-corrected chi connectivity index (χ0v) is 33.4. The van der Waals surface area contributed by atoms with Crippen molar-refractivity contribution in [1.82, 2.24) is 0 Å². The monoisotopic (exact) mass is 764 g/mol. The molecule has 0 unspecified atom stereocenters. The zero-order valence-electron chi connectivity index (χ0n) is 25.0. The maximum atomic E-state index is 2.99. The molecule has 0 atom stereocenters. The molecule has 0 amide bonds. The average molecular weight is 768 g/mol. The first-order valence-electron chi connectivity index (χ1n) is 14.9. The Morgan fingerprint density at radius 1 is 0.600 bits per heavy atom. The topological polar surface area (TPSA) is 0 Å². The standard InChI is InChI=1S/2C12H20Si.2C5H5.2ClH.2Zr/c2*1-2-3-9-13(10-6-11-13)12-7-4-5-8-12;2*1-2-4-5-3-1;;;;/h2*4-5,7H,2-3,6,8-11H2,1H3;2*1-3H,4H2;2*1H;;/q;;2*-1;;;;/p-2. The first-order chi connectivity index (χ1) is 17.7. The van der Waals surface area contributed by atoms with E-state index in [0.29, 0.717) is 0 Å². The van der Waals surface area contributed by atoms with Gasteiger partial charge in [0.15, 0.2) is 0 Å². The Bertz CT molecular complexity index is 811. The van der Waals surface area contributed by atoms with Crippen molar-refractivity contribution in [2.45, 2.75) is 114 Å². The number of rotatable bonds is 8. The van der Waals surface area contributed by atoms with Crippen LogP contribution in [0.2, 0.25) is 36.3 Å². The number of unbranched alkanes of at least 4 members (excludes halogenated alkanes) is 2. The normalized spacial score (nSPS) is 20.1. The SMILES string of the molecule is CCCC[Si]1(C2=CC=CC2)CCC1.CCCC[Si]1(C2=CC=CC2)CCC1.[C-]1=CC=CC1.[C-]1=CC=CC1.[Cl-].[Cl-].[Zr].[Zr]. The van der Waals surface area contributed by atoms with Crippen LogP contribution in [0.4, 0.5) is 0 Å². The van der Waals surface area contributed by atoms with Gasteiger partial charge >= 0.3 is 0 Å². The summed E-state index contributed by atoms with van der Waals surface area (Å²) in [6, 6.07) is 9.55. The molecule has 0 radical (unpaired) electrons. The van der Waals surface area contributed by atoms with Gasteiger partial charge in [0.25, 0.3) is 0 Å². The molecule has 0 aromatic carbocycles. The molecular weight excluding hydrogens is 718 g/mol. The molecule has 40 heavy (non-hydrogen) atoms. The van der Waals surface area contributed by atoms with Crippen LogP contribution in [0.25, 0.3) is 0 Å². The summed E-state index contributed by atoms with van der Waals surface area (Å²) >= 11 is 0. The number of hydrogen-bond donors (Lipinski definition) is 0. The Labute approximate surface area is 300 Å². The van der Waals surface area contributed by atoms with E-state index in [9.17, 15) is 0 Å². The van der Waals surface area contributed by atoms with Crippen LogP contribution in [0, 0.1) is 12.2 Å². The molecule has 0 bridgehead atoms. The van der Waals surface area contributed by atoms with E-state index in [1.165, 1.54) is 51.4 Å². The number of hydrogen-bond acceptors (Lipinski definition) is 0. The van der Waals surface area contributed by atoms with Crippen molar-refractivity contribution in [1.29, 1.82) is 0 Å². The van der Waals surface area contributed by atoms with Crippen molar-refractivity contribution >= 4 is 16.1 Å². The molecule has 0 saturated carbocycles. The van der Waals surface area contributed by atoms with Crippen molar-refractivity contribution in [2.75, 3.05) is 0 Å². The fourth-order valence-electron chi connectivity index (χ4n) is 6.06. The van der Waals surface area contributed by atoms with Gasteiger partial charge in [0.2, 0.25) is 0 Å². The van der Waals surface area contributed by atoms with Crippen molar-refractivity contribution in [3.05, 3.63) is 95.5 Å². The Morgan fingerprint density at radius 2 is 1.00 bits per heavy atom. The summed E-state index contributed by atoms with van der Waals surface area (Å²) < 4.78 is 0. The summed E-state index contributed by atoms with van der Waals surface area (Å²) in [7, 11) is -1.66. The molecule has 220 valence electrons. The Morgan fingerprint density at radius 3 is 1.18 bits per heavy atom. The predicted octanol–water partition coefficient (Wildman–Crippen LogP) is 4.74. The second-order valence-electron chi connectivity index (χ2n) is 11.1. The predicted molar refractivity (Wildman–Crippen MR) is 166 cm³/mol. The van der Waals surface area contributed by atoms with Gasteiger partial charge in [-0.25, -0.2) is 24.3 Å². The third-order valence-electron chi connectivity index (χ3n) is 8.72. The van der Waals surface area contributed by atoms with Crippen LogP contribution >= 0.6 is 0 Å². The van der Waals surface area contributed by atoms with Crippen LogP contribution in [0.1, 0.15) is 78.1 Å². The Balaban J connectivity index is 0. The van der Waals surface area contributed by atoms with E-state index in [4.69, 9.17) is 0 Å². The van der Waals surface area contributed by atoms with E-state index in [1.54, 1.807) is 36.3 Å². The van der Waals surface area contributed by atoms with E-state index in [-0.39, 0.29) is 77.2 Å². The molecule has 0 spiro atoms. The van der Waals surface area contributed by atoms with E-state index in [1.807, 2.05) is 34.7 Å². The van der Waals surface area contributed by atoms with Crippen LogP contribution in [0.5, 0.6) is 0 Å². The minimum absolute atomic E-state index is 0. The van der Waals surface area contributed by atoms with Gasteiger partial charge in [-0.3, -0.25) is 12.2 Å². The Kier molecular flexibility index (Phi) is 26.8. The van der Waals surface area contributed by atoms with Crippen molar-refractivity contribution in [3.8, 4) is 0 Å². The van der Waals surface area contributed by atoms with Crippen molar-refractivity contribution < 1.29 is 77.2 Å². The maximum absolute atomic E-state index is 2.99. The van der Waals surface area contributed by atoms with Gasteiger partial charge < -0.3 is 24.8 Å². The molecule has 4 aliphatic carbocycles. The van der Waals surface area contributed by atoms with Gasteiger partial charge in [-0.15, -0.1) is 12.8 Å². The molecule has 2 fully saturated rings. The fourth-order valence-corrected chi connectivity index (χ4v) is 15.5. The van der Waals surface area contributed by atoms with Gasteiger partial charge in [0, 0.05) is 52.4 Å². The third kappa shape index (κ3) is 14.0. The minimum atomic E-state index is -0.832. The maximum Gasteiger partial charge on any atom is 0.0819 e. The molecule has 2 heterocycles. The Hall–Kier alpha value is 0.700. The third-order valence-corrected chi connectivity index (χ3v) is 20.0. The summed E-state index contributed by atoms with van der Waals surface area (Å²) in [5.74, 6) is 0. The average Bonchev–Trinajstić information content (AvgIpc) is 3.69. The summed E-state index contributed by atoms with van der Waals surface area (Å²) in [6.45, 7) is 4.64. The molecule has 6 aliphatic rings. The molecule has 0 aromatic heterocycles. The van der Waals surface area contributed by atoms with Crippen molar-refractivity contribution in [2.24, 2.45) is 0 Å². The van der Waals surface area contributed by atoms with Gasteiger partial charge in [0.1, 0.15) is 0 Å². The first kappa shape index (κ1) is 42.8. The molecular formula is C34H50Cl2Si2Zr2-4. The summed E-state index contributed by atoms with van der Waals surface area (Å²) in [5.41, 5.74) is 0. The van der Waals surface area contributed by atoms with Crippen molar-refractivity contribution in [3.63, 3.8) is 0 Å². The summed E-state index contributed by atoms with van der Waals surface area (Å²) in [5, 5.41) is 3.74. The number of halogens is 2. The summed E-state index contributed by atoms with van der Waals surface area (Å²) in [4.78, 5) is 0. The van der Waals surface area contributed by atoms with E-state index in [0.717, 1.165) is 12.8 Å². The molecule has 0 nitrogen and oxygen atoms in total. The second kappa shape index (κ2) is 25.1. The molecule has 6 heteroatoms.